The molecule has 1 aliphatic rings. The van der Waals surface area contributed by atoms with Crippen LogP contribution in [0.15, 0.2) is 82.6 Å². The van der Waals surface area contributed by atoms with Gasteiger partial charge in [-0.25, -0.2) is 9.66 Å². The second-order valence-corrected chi connectivity index (χ2v) is 16.2. The predicted octanol–water partition coefficient (Wildman–Crippen LogP) is 6.07. The van der Waals surface area contributed by atoms with Crippen molar-refractivity contribution in [2.24, 2.45) is 4.99 Å². The van der Waals surface area contributed by atoms with Crippen molar-refractivity contribution in [3.05, 3.63) is 99.8 Å². The number of methoxy groups -OCH3 is 2. The summed E-state index contributed by atoms with van der Waals surface area (Å²) in [5.41, 5.74) is 0.579. The summed E-state index contributed by atoms with van der Waals surface area (Å²) in [6, 6.07) is 25.2. The zero-order chi connectivity index (χ0) is 43.0. The molecule has 6 rings (SSSR count). The number of aliphatic hydroxyl groups is 1. The fourth-order valence-electron chi connectivity index (χ4n) is 7.06. The molecular formula is C42H52N9O8P. The number of H-pyrrole nitrogens is 1. The van der Waals surface area contributed by atoms with Gasteiger partial charge in [0.2, 0.25) is 5.95 Å². The highest BCUT2D eigenvalue weighted by molar-refractivity contribution is 7.45. The van der Waals surface area contributed by atoms with Gasteiger partial charge in [0.1, 0.15) is 17.5 Å². The predicted molar refractivity (Wildman–Crippen MR) is 226 cm³/mol. The van der Waals surface area contributed by atoms with E-state index in [2.05, 4.69) is 63.7 Å². The quantitative estimate of drug-likeness (QED) is 0.0320. The number of ether oxygens (including phenoxy) is 4. The summed E-state index contributed by atoms with van der Waals surface area (Å²) in [4.78, 5) is 25.9. The summed E-state index contributed by atoms with van der Waals surface area (Å²) in [5.74, 6) is 1.61. The van der Waals surface area contributed by atoms with Crippen molar-refractivity contribution >= 4 is 32.0 Å². The zero-order valence-electron chi connectivity index (χ0n) is 35.1. The molecule has 5 aromatic rings. The molecule has 0 spiro atoms. The van der Waals surface area contributed by atoms with Crippen LogP contribution in [-0.4, -0.2) is 112 Å². The average molecular weight is 842 g/mol. The largest absolute Gasteiger partial charge is 0.497 e. The van der Waals surface area contributed by atoms with E-state index in [0.29, 0.717) is 22.8 Å². The van der Waals surface area contributed by atoms with Crippen LogP contribution < -0.4 is 19.6 Å². The summed E-state index contributed by atoms with van der Waals surface area (Å²) >= 11 is 0. The molecule has 18 heteroatoms. The van der Waals surface area contributed by atoms with Crippen LogP contribution in [0.3, 0.4) is 0 Å². The lowest BCUT2D eigenvalue weighted by molar-refractivity contribution is -0.0952. The number of aromatic amines is 1. The maximum Gasteiger partial charge on any atom is 0.321 e. The first-order valence-corrected chi connectivity index (χ1v) is 20.7. The summed E-state index contributed by atoms with van der Waals surface area (Å²) in [5, 5.41) is 29.1. The fraction of sp³-hybridized carbons (Fsp3) is 0.429. The van der Waals surface area contributed by atoms with Crippen molar-refractivity contribution in [2.45, 2.75) is 76.7 Å². The normalized spacial score (nSPS) is 18.3. The van der Waals surface area contributed by atoms with E-state index in [1.807, 2.05) is 72.8 Å². The van der Waals surface area contributed by atoms with Gasteiger partial charge >= 0.3 is 8.53 Å². The van der Waals surface area contributed by atoms with Crippen molar-refractivity contribution in [3.8, 4) is 23.3 Å². The molecule has 60 heavy (non-hydrogen) atoms. The van der Waals surface area contributed by atoms with Gasteiger partial charge in [-0.05, 0) is 68.7 Å². The molecule has 318 valence electrons. The molecular weight excluding hydrogens is 789 g/mol. The fourth-order valence-corrected chi connectivity index (χ4v) is 8.65. The number of nitriles is 1. The molecule has 3 aromatic carbocycles. The molecule has 2 aromatic heterocycles. The smallest absolute Gasteiger partial charge is 0.321 e. The Balaban J connectivity index is 1.42. The Morgan fingerprint density at radius 3 is 2.38 bits per heavy atom. The van der Waals surface area contributed by atoms with Crippen molar-refractivity contribution in [3.63, 3.8) is 0 Å². The van der Waals surface area contributed by atoms with Gasteiger partial charge in [0.25, 0.3) is 5.56 Å². The van der Waals surface area contributed by atoms with Crippen LogP contribution in [0.4, 0.5) is 5.95 Å². The van der Waals surface area contributed by atoms with Crippen LogP contribution >= 0.6 is 8.53 Å². The van der Waals surface area contributed by atoms with Gasteiger partial charge in [-0.2, -0.15) is 14.9 Å². The minimum atomic E-state index is -1.70. The molecule has 1 fully saturated rings. The molecule has 0 saturated carbocycles. The summed E-state index contributed by atoms with van der Waals surface area (Å²) in [7, 11) is 5.07. The highest BCUT2D eigenvalue weighted by Gasteiger charge is 2.43. The minimum absolute atomic E-state index is 0.0146. The number of fused-ring (bicyclic) bond motifs is 1. The van der Waals surface area contributed by atoms with Crippen LogP contribution in [0.5, 0.6) is 17.2 Å². The second-order valence-electron chi connectivity index (χ2n) is 14.8. The van der Waals surface area contributed by atoms with Crippen molar-refractivity contribution in [1.29, 1.82) is 5.26 Å². The molecule has 0 bridgehead atoms. The van der Waals surface area contributed by atoms with E-state index in [1.165, 1.54) is 11.0 Å². The van der Waals surface area contributed by atoms with Gasteiger partial charge in [-0.15, -0.1) is 5.10 Å². The van der Waals surface area contributed by atoms with E-state index in [4.69, 9.17) is 28.0 Å². The number of benzene rings is 3. The third-order valence-electron chi connectivity index (χ3n) is 9.76. The van der Waals surface area contributed by atoms with Crippen LogP contribution in [-0.2, 0) is 19.6 Å². The van der Waals surface area contributed by atoms with Crippen molar-refractivity contribution < 1.29 is 33.1 Å². The highest BCUT2D eigenvalue weighted by atomic mass is 31.2. The molecule has 1 aliphatic heterocycles. The summed E-state index contributed by atoms with van der Waals surface area (Å²) in [6.07, 6.45) is -0.820. The van der Waals surface area contributed by atoms with Crippen LogP contribution in [0, 0.1) is 11.3 Å². The van der Waals surface area contributed by atoms with Crippen molar-refractivity contribution in [1.82, 2.24) is 34.5 Å². The Morgan fingerprint density at radius 2 is 1.73 bits per heavy atom. The van der Waals surface area contributed by atoms with Crippen molar-refractivity contribution in [2.75, 3.05) is 41.5 Å². The molecule has 2 N–H and O–H groups in total. The van der Waals surface area contributed by atoms with Gasteiger partial charge in [0, 0.05) is 32.6 Å². The van der Waals surface area contributed by atoms with Crippen LogP contribution in [0.1, 0.15) is 63.5 Å². The maximum atomic E-state index is 12.9. The first-order chi connectivity index (χ1) is 28.9. The van der Waals surface area contributed by atoms with Gasteiger partial charge < -0.3 is 38.0 Å². The lowest BCUT2D eigenvalue weighted by Gasteiger charge is -2.38. The maximum absolute atomic E-state index is 12.9. The zero-order valence-corrected chi connectivity index (χ0v) is 35.9. The van der Waals surface area contributed by atoms with Gasteiger partial charge in [0.05, 0.1) is 52.4 Å². The Morgan fingerprint density at radius 1 is 1.03 bits per heavy atom. The Labute approximate surface area is 350 Å². The molecule has 2 unspecified atom stereocenters. The monoisotopic (exact) mass is 841 g/mol. The molecule has 3 heterocycles. The number of nitrogens with one attached hydrogen (secondary N) is 1. The third kappa shape index (κ3) is 9.60. The Kier molecular flexibility index (Phi) is 14.5. The lowest BCUT2D eigenvalue weighted by atomic mass is 9.79. The number of hydrogen-bond donors (Lipinski definition) is 2. The molecule has 0 radical (unpaired) electrons. The SMILES string of the molecule is COc1ccc(C(OC[C@H]2O[C@H](n3nnc4c(=O)[nH]c(N=CN(C)C)nc43)C[C@@H]2O)(c2ccccc2)c2ccc(OC)c(OP(OCCC#N)N(C(C)C)C(C)C)c2)cc1. The van der Waals surface area contributed by atoms with E-state index in [-0.39, 0.29) is 55.3 Å². The van der Waals surface area contributed by atoms with Gasteiger partial charge in [-0.1, -0.05) is 53.7 Å². The number of nitrogens with zero attached hydrogens (tertiary/aromatic N) is 8. The molecule has 0 aliphatic carbocycles. The molecule has 0 amide bonds. The standard InChI is InChI=1S/C42H52N9O8P/c1-27(2)51(28(3)4)60(57-22-12-21-43)59-35-23-31(17-20-34(35)55-8)42(29-13-10-9-11-14-29,30-15-18-32(54-7)19-16-30)56-25-36-33(52)24-37(58-36)50-39-38(47-48-50)40(53)46-41(45-39)44-26-49(5)6/h9-11,13-20,23,26-28,33,36-37,52H,12,22,24-25H2,1-8H3,(H,45,46,53)/t33-,36+,37-,42?,60?/m0/s1. The van der Waals surface area contributed by atoms with E-state index in [0.717, 1.165) is 11.1 Å². The first kappa shape index (κ1) is 44.1. The van der Waals surface area contributed by atoms with E-state index in [9.17, 15) is 15.2 Å². The minimum Gasteiger partial charge on any atom is -0.497 e. The van der Waals surface area contributed by atoms with Gasteiger partial charge in [0.15, 0.2) is 28.9 Å². The number of rotatable bonds is 19. The first-order valence-electron chi connectivity index (χ1n) is 19.6. The van der Waals surface area contributed by atoms with E-state index in [1.54, 1.807) is 33.2 Å². The number of aliphatic imine (C=N–C) groups is 1. The molecule has 17 nitrogen and oxygen atoms in total. The average Bonchev–Trinajstić information content (AvgIpc) is 3.84. The molecule has 5 atom stereocenters. The van der Waals surface area contributed by atoms with Gasteiger partial charge in [-0.3, -0.25) is 9.78 Å². The van der Waals surface area contributed by atoms with E-state index >= 15 is 0 Å². The number of aromatic nitrogens is 5. The number of aliphatic hydroxyl groups excluding tert-OH is 1. The van der Waals surface area contributed by atoms with Crippen LogP contribution in [0.2, 0.25) is 0 Å². The second kappa shape index (κ2) is 19.7. The van der Waals surface area contributed by atoms with Crippen LogP contribution in [0.25, 0.3) is 11.2 Å². The molecule has 1 saturated heterocycles. The summed E-state index contributed by atoms with van der Waals surface area (Å²) in [6.45, 7) is 8.39. The Bertz CT molecular complexity index is 2310. The topological polar surface area (TPSA) is 195 Å². The Hall–Kier alpha value is -5.47. The highest BCUT2D eigenvalue weighted by Crippen LogP contribution is 2.51. The van der Waals surface area contributed by atoms with E-state index < -0.39 is 38.1 Å². The lowest BCUT2D eigenvalue weighted by Crippen LogP contribution is -2.38. The third-order valence-corrected chi connectivity index (χ3v) is 11.8. The number of hydrogen-bond acceptors (Lipinski definition) is 14. The summed E-state index contributed by atoms with van der Waals surface area (Å²) < 4.78 is 41.6.